The molecule has 0 amide bonds. The maximum atomic E-state index is 10.5. The van der Waals surface area contributed by atoms with E-state index in [0.717, 1.165) is 13.1 Å². The molecule has 1 aliphatic rings. The Labute approximate surface area is 123 Å². The molecule has 17 heavy (non-hydrogen) atoms. The molecule has 2 nitrogen and oxygen atoms in total. The summed E-state index contributed by atoms with van der Waals surface area (Å²) in [5.74, 6) is 0.522. The van der Waals surface area contributed by atoms with Gasteiger partial charge in [0.1, 0.15) is 0 Å². The predicted molar refractivity (Wildman–Crippen MR) is 77.3 cm³/mol. The number of aliphatic hydroxyl groups is 1. The second-order valence-electron chi connectivity index (χ2n) is 4.71. The summed E-state index contributed by atoms with van der Waals surface area (Å²) in [7, 11) is 0. The minimum Gasteiger partial charge on any atom is -0.388 e. The summed E-state index contributed by atoms with van der Waals surface area (Å²) < 4.78 is 7.82. The van der Waals surface area contributed by atoms with Gasteiger partial charge in [0.15, 0.2) is 0 Å². The fraction of sp³-hybridized carbons (Fsp3) is 0.667. The molecule has 1 fully saturated rings. The molecule has 1 N–H and O–H groups in total. The second kappa shape index (κ2) is 5.29. The zero-order chi connectivity index (χ0) is 12.7. The molecule has 5 heteroatoms. The predicted octanol–water partition coefficient (Wildman–Crippen LogP) is 4.37. The topological polar surface area (TPSA) is 29.5 Å². The van der Waals surface area contributed by atoms with Gasteiger partial charge in [-0.1, -0.05) is 6.92 Å². The minimum atomic E-state index is -0.470. The van der Waals surface area contributed by atoms with Gasteiger partial charge in [-0.25, -0.2) is 0 Å². The van der Waals surface area contributed by atoms with Crippen molar-refractivity contribution in [2.75, 3.05) is 0 Å². The van der Waals surface area contributed by atoms with Gasteiger partial charge in [-0.15, -0.1) is 11.3 Å². The van der Waals surface area contributed by atoms with Crippen LogP contribution in [0.4, 0.5) is 0 Å². The molecule has 1 aliphatic heterocycles. The van der Waals surface area contributed by atoms with Gasteiger partial charge in [0.2, 0.25) is 0 Å². The Bertz CT molecular complexity index is 407. The molecule has 1 saturated heterocycles. The van der Waals surface area contributed by atoms with Crippen LogP contribution in [0.5, 0.6) is 0 Å². The quantitative estimate of drug-likeness (QED) is 0.821. The molecule has 0 spiro atoms. The van der Waals surface area contributed by atoms with E-state index >= 15 is 0 Å². The smallest absolute Gasteiger partial charge is 0.0865 e. The van der Waals surface area contributed by atoms with E-state index in [4.69, 9.17) is 4.74 Å². The van der Waals surface area contributed by atoms with Crippen LogP contribution in [0.3, 0.4) is 0 Å². The van der Waals surface area contributed by atoms with Gasteiger partial charge in [0.05, 0.1) is 25.9 Å². The summed E-state index contributed by atoms with van der Waals surface area (Å²) in [6.07, 6.45) is -0.159. The molecule has 5 unspecified atom stereocenters. The number of ether oxygens (including phenoxy) is 1. The number of hydrogen-bond donors (Lipinski definition) is 1. The number of thiophene rings is 1. The highest BCUT2D eigenvalue weighted by Gasteiger charge is 2.42. The van der Waals surface area contributed by atoms with Crippen LogP contribution in [-0.4, -0.2) is 17.3 Å². The molecule has 2 rings (SSSR count). The van der Waals surface area contributed by atoms with Gasteiger partial charge in [-0.2, -0.15) is 0 Å². The van der Waals surface area contributed by atoms with Gasteiger partial charge in [-0.3, -0.25) is 0 Å². The van der Waals surface area contributed by atoms with E-state index in [0.29, 0.717) is 5.92 Å². The first kappa shape index (κ1) is 14.0. The lowest BCUT2D eigenvalue weighted by Gasteiger charge is -2.24. The SMILES string of the molecule is CC1OC(C)C(C(O)c2cc(Br)sc2Br)C1C. The van der Waals surface area contributed by atoms with E-state index in [1.54, 1.807) is 11.3 Å². The van der Waals surface area contributed by atoms with Crippen molar-refractivity contribution in [3.8, 4) is 0 Å². The molecule has 0 saturated carbocycles. The Hall–Kier alpha value is 0.580. The van der Waals surface area contributed by atoms with Crippen LogP contribution in [0.1, 0.15) is 32.4 Å². The van der Waals surface area contributed by atoms with Crippen LogP contribution >= 0.6 is 43.2 Å². The van der Waals surface area contributed by atoms with Crippen molar-refractivity contribution >= 4 is 43.2 Å². The molecule has 0 aromatic carbocycles. The van der Waals surface area contributed by atoms with Crippen LogP contribution in [0.15, 0.2) is 13.6 Å². The minimum absolute atomic E-state index is 0.0978. The molecular formula is C12H16Br2O2S. The highest BCUT2D eigenvalue weighted by molar-refractivity contribution is 9.12. The van der Waals surface area contributed by atoms with Crippen molar-refractivity contribution in [3.63, 3.8) is 0 Å². The van der Waals surface area contributed by atoms with E-state index in [1.165, 1.54) is 0 Å². The number of aliphatic hydroxyl groups excluding tert-OH is 1. The van der Waals surface area contributed by atoms with E-state index in [-0.39, 0.29) is 18.1 Å². The van der Waals surface area contributed by atoms with Gasteiger partial charge in [-0.05, 0) is 57.7 Å². The molecule has 1 aromatic rings. The summed E-state index contributed by atoms with van der Waals surface area (Å²) in [6.45, 7) is 6.27. The first-order valence-electron chi connectivity index (χ1n) is 5.70. The number of rotatable bonds is 2. The normalized spacial score (nSPS) is 35.2. The fourth-order valence-corrected chi connectivity index (χ4v) is 5.51. The van der Waals surface area contributed by atoms with Crippen molar-refractivity contribution < 1.29 is 9.84 Å². The van der Waals surface area contributed by atoms with Gasteiger partial charge in [0, 0.05) is 11.5 Å². The lowest BCUT2D eigenvalue weighted by molar-refractivity contribution is 0.0230. The zero-order valence-electron chi connectivity index (χ0n) is 9.98. The highest BCUT2D eigenvalue weighted by atomic mass is 79.9. The first-order chi connectivity index (χ1) is 7.91. The molecule has 1 aromatic heterocycles. The van der Waals surface area contributed by atoms with Crippen LogP contribution < -0.4 is 0 Å². The summed E-state index contributed by atoms with van der Waals surface area (Å²) in [4.78, 5) is 0. The molecule has 0 radical (unpaired) electrons. The molecule has 5 atom stereocenters. The molecular weight excluding hydrogens is 368 g/mol. The average Bonchev–Trinajstić information content (AvgIpc) is 2.68. The standard InChI is InChI=1S/C12H16Br2O2S/c1-5-6(2)16-7(3)10(5)11(15)8-4-9(13)17-12(8)14/h4-7,10-11,15H,1-3H3. The number of halogens is 2. The van der Waals surface area contributed by atoms with Gasteiger partial charge < -0.3 is 9.84 Å². The van der Waals surface area contributed by atoms with Crippen molar-refractivity contribution in [2.45, 2.75) is 39.1 Å². The van der Waals surface area contributed by atoms with Crippen LogP contribution in [0, 0.1) is 11.8 Å². The third-order valence-electron chi connectivity index (χ3n) is 3.69. The van der Waals surface area contributed by atoms with Crippen LogP contribution in [0.2, 0.25) is 0 Å². The third kappa shape index (κ3) is 2.63. The molecule has 0 aliphatic carbocycles. The van der Waals surface area contributed by atoms with Crippen molar-refractivity contribution in [3.05, 3.63) is 19.2 Å². The van der Waals surface area contributed by atoms with Crippen LogP contribution in [0.25, 0.3) is 0 Å². The highest BCUT2D eigenvalue weighted by Crippen LogP contribution is 2.44. The summed E-state index contributed by atoms with van der Waals surface area (Å²) in [5, 5.41) is 10.5. The van der Waals surface area contributed by atoms with E-state index in [2.05, 4.69) is 45.7 Å². The lowest BCUT2D eigenvalue weighted by atomic mass is 9.83. The molecule has 2 heterocycles. The van der Waals surface area contributed by atoms with Crippen molar-refractivity contribution in [1.29, 1.82) is 0 Å². The zero-order valence-corrected chi connectivity index (χ0v) is 14.0. The monoisotopic (exact) mass is 382 g/mol. The largest absolute Gasteiger partial charge is 0.388 e. The Morgan fingerprint density at radius 2 is 1.94 bits per heavy atom. The third-order valence-corrected chi connectivity index (χ3v) is 6.07. The second-order valence-corrected chi connectivity index (χ2v) is 8.46. The van der Waals surface area contributed by atoms with E-state index in [1.807, 2.05) is 13.0 Å². The Kier molecular flexibility index (Phi) is 4.36. The van der Waals surface area contributed by atoms with Gasteiger partial charge in [0.25, 0.3) is 0 Å². The maximum absolute atomic E-state index is 10.5. The lowest BCUT2D eigenvalue weighted by Crippen LogP contribution is -2.24. The molecule has 96 valence electrons. The summed E-state index contributed by atoms with van der Waals surface area (Å²) >= 11 is 8.55. The fourth-order valence-electron chi connectivity index (χ4n) is 2.60. The molecule has 0 bridgehead atoms. The average molecular weight is 384 g/mol. The Balaban J connectivity index is 2.25. The maximum Gasteiger partial charge on any atom is 0.0865 e. The first-order valence-corrected chi connectivity index (χ1v) is 8.10. The Morgan fingerprint density at radius 1 is 1.29 bits per heavy atom. The van der Waals surface area contributed by atoms with Crippen molar-refractivity contribution in [2.24, 2.45) is 11.8 Å². The summed E-state index contributed by atoms with van der Waals surface area (Å²) in [5.41, 5.74) is 0.961. The van der Waals surface area contributed by atoms with E-state index in [9.17, 15) is 5.11 Å². The van der Waals surface area contributed by atoms with Crippen LogP contribution in [-0.2, 0) is 4.74 Å². The summed E-state index contributed by atoms with van der Waals surface area (Å²) in [6, 6.07) is 1.99. The number of hydrogen-bond acceptors (Lipinski definition) is 3. The van der Waals surface area contributed by atoms with Gasteiger partial charge >= 0.3 is 0 Å². The van der Waals surface area contributed by atoms with E-state index < -0.39 is 6.10 Å². The van der Waals surface area contributed by atoms with Crippen molar-refractivity contribution in [1.82, 2.24) is 0 Å². The Morgan fingerprint density at radius 3 is 2.35 bits per heavy atom.